The van der Waals surface area contributed by atoms with Gasteiger partial charge >= 0.3 is 0 Å². The number of fused-ring (bicyclic) bond motifs is 1. The van der Waals surface area contributed by atoms with Crippen LogP contribution in [0.3, 0.4) is 0 Å². The van der Waals surface area contributed by atoms with Crippen molar-refractivity contribution < 1.29 is 4.79 Å². The molecule has 4 rings (SSSR count). The molecule has 3 aromatic rings. The highest BCUT2D eigenvalue weighted by Crippen LogP contribution is 2.25. The average molecular weight is 327 g/mol. The largest absolute Gasteiger partial charge is 0.380 e. The molecule has 2 heterocycles. The lowest BCUT2D eigenvalue weighted by molar-refractivity contribution is 0.0999. The van der Waals surface area contributed by atoms with Gasteiger partial charge in [0, 0.05) is 23.2 Å². The Balaban J connectivity index is 1.51. The molecule has 1 aliphatic rings. The molecule has 0 bridgehead atoms. The first kappa shape index (κ1) is 15.3. The number of hydrogen-bond acceptors (Lipinski definition) is 4. The van der Waals surface area contributed by atoms with E-state index >= 15 is 0 Å². The summed E-state index contributed by atoms with van der Waals surface area (Å²) < 4.78 is 0. The highest BCUT2D eigenvalue weighted by atomic mass is 16.1. The molecule has 1 aromatic heterocycles. The maximum Gasteiger partial charge on any atom is 0.170 e. The Kier molecular flexibility index (Phi) is 4.09. The van der Waals surface area contributed by atoms with Crippen LogP contribution in [-0.4, -0.2) is 23.0 Å². The summed E-state index contributed by atoms with van der Waals surface area (Å²) >= 11 is 0. The molecule has 4 heteroatoms. The van der Waals surface area contributed by atoms with Gasteiger partial charge in [0.25, 0.3) is 0 Å². The average Bonchev–Trinajstić information content (AvgIpc) is 2.67. The number of aromatic nitrogens is 1. The smallest absolute Gasteiger partial charge is 0.170 e. The van der Waals surface area contributed by atoms with Crippen molar-refractivity contribution in [2.24, 2.45) is 4.99 Å². The minimum atomic E-state index is 0.0993. The Labute approximate surface area is 146 Å². The molecular formula is C21H17N3O. The van der Waals surface area contributed by atoms with Gasteiger partial charge in [0.15, 0.2) is 5.78 Å². The van der Waals surface area contributed by atoms with Crippen LogP contribution in [-0.2, 0) is 0 Å². The molecule has 0 aliphatic carbocycles. The molecule has 25 heavy (non-hydrogen) atoms. The van der Waals surface area contributed by atoms with Crippen molar-refractivity contribution in [1.29, 1.82) is 0 Å². The number of nitrogens with zero attached hydrogens (tertiary/aromatic N) is 2. The van der Waals surface area contributed by atoms with Gasteiger partial charge in [-0.15, -0.1) is 0 Å². The molecule has 0 spiro atoms. The third-order valence-electron chi connectivity index (χ3n) is 4.21. The number of Topliss-reactive ketones (excluding diaryl/α,β-unsaturated/α-hetero) is 1. The van der Waals surface area contributed by atoms with Crippen LogP contribution in [0.1, 0.15) is 16.8 Å². The first-order valence-corrected chi connectivity index (χ1v) is 8.22. The lowest BCUT2D eigenvalue weighted by atomic mass is 10.0. The first-order chi connectivity index (χ1) is 12.3. The van der Waals surface area contributed by atoms with Gasteiger partial charge in [-0.1, -0.05) is 42.5 Å². The van der Waals surface area contributed by atoms with Crippen LogP contribution in [0, 0.1) is 0 Å². The van der Waals surface area contributed by atoms with Gasteiger partial charge in [-0.25, -0.2) is 0 Å². The van der Waals surface area contributed by atoms with E-state index in [-0.39, 0.29) is 5.78 Å². The number of nitrogens with one attached hydrogen (secondary N) is 1. The fourth-order valence-electron chi connectivity index (χ4n) is 2.95. The maximum absolute atomic E-state index is 12.2. The van der Waals surface area contributed by atoms with Crippen LogP contribution < -0.4 is 5.32 Å². The highest BCUT2D eigenvalue weighted by Gasteiger charge is 2.19. The van der Waals surface area contributed by atoms with E-state index in [1.54, 1.807) is 18.5 Å². The van der Waals surface area contributed by atoms with Gasteiger partial charge in [-0.05, 0) is 29.3 Å². The van der Waals surface area contributed by atoms with Gasteiger partial charge in [-0.2, -0.15) is 0 Å². The normalized spacial score (nSPS) is 13.1. The van der Waals surface area contributed by atoms with Crippen LogP contribution >= 0.6 is 0 Å². The topological polar surface area (TPSA) is 54.4 Å². The second-order valence-electron chi connectivity index (χ2n) is 5.97. The molecule has 0 atom stereocenters. The van der Waals surface area contributed by atoms with E-state index in [4.69, 9.17) is 0 Å². The van der Waals surface area contributed by atoms with Crippen molar-refractivity contribution in [3.8, 4) is 11.1 Å². The van der Waals surface area contributed by atoms with E-state index in [0.717, 1.165) is 17.0 Å². The molecule has 4 nitrogen and oxygen atoms in total. The predicted octanol–water partition coefficient (Wildman–Crippen LogP) is 4.52. The third kappa shape index (κ3) is 3.33. The lowest BCUT2D eigenvalue weighted by Gasteiger charge is -2.15. The van der Waals surface area contributed by atoms with Gasteiger partial charge in [0.1, 0.15) is 0 Å². The number of carbonyl (C=O) groups excluding carboxylic acids is 1. The maximum atomic E-state index is 12.2. The van der Waals surface area contributed by atoms with E-state index in [9.17, 15) is 4.79 Å². The van der Waals surface area contributed by atoms with Gasteiger partial charge in [-0.3, -0.25) is 14.8 Å². The zero-order chi connectivity index (χ0) is 17.1. The molecule has 0 unspecified atom stereocenters. The van der Waals surface area contributed by atoms with Gasteiger partial charge in [0.05, 0.1) is 24.8 Å². The van der Waals surface area contributed by atoms with Crippen LogP contribution in [0.15, 0.2) is 78.0 Å². The Morgan fingerprint density at radius 2 is 1.80 bits per heavy atom. The van der Waals surface area contributed by atoms with Crippen LogP contribution in [0.25, 0.3) is 11.1 Å². The second-order valence-corrected chi connectivity index (χ2v) is 5.97. The summed E-state index contributed by atoms with van der Waals surface area (Å²) in [5, 5.41) is 3.37. The van der Waals surface area contributed by atoms with E-state index in [1.165, 1.54) is 5.56 Å². The quantitative estimate of drug-likeness (QED) is 0.766. The van der Waals surface area contributed by atoms with E-state index in [2.05, 4.69) is 39.6 Å². The number of hydrogen-bond donors (Lipinski definition) is 1. The van der Waals surface area contributed by atoms with Crippen molar-refractivity contribution in [3.63, 3.8) is 0 Å². The molecule has 1 N–H and O–H groups in total. The van der Waals surface area contributed by atoms with E-state index in [1.807, 2.05) is 30.3 Å². The van der Waals surface area contributed by atoms with Crippen molar-refractivity contribution >= 4 is 22.9 Å². The van der Waals surface area contributed by atoms with Crippen molar-refractivity contribution in [1.82, 2.24) is 4.98 Å². The van der Waals surface area contributed by atoms with Crippen LogP contribution in [0.5, 0.6) is 0 Å². The zero-order valence-electron chi connectivity index (χ0n) is 13.6. The predicted molar refractivity (Wildman–Crippen MR) is 101 cm³/mol. The molecule has 1 aliphatic heterocycles. The number of rotatable bonds is 4. The fourth-order valence-corrected chi connectivity index (χ4v) is 2.95. The number of ketones is 1. The minimum absolute atomic E-state index is 0.0993. The number of pyridine rings is 1. The molecule has 122 valence electrons. The summed E-state index contributed by atoms with van der Waals surface area (Å²) in [4.78, 5) is 20.8. The Morgan fingerprint density at radius 1 is 0.960 bits per heavy atom. The van der Waals surface area contributed by atoms with Crippen LogP contribution in [0.2, 0.25) is 0 Å². The monoisotopic (exact) mass is 327 g/mol. The summed E-state index contributed by atoms with van der Waals surface area (Å²) in [7, 11) is 0. The first-order valence-electron chi connectivity index (χ1n) is 8.22. The summed E-state index contributed by atoms with van der Waals surface area (Å²) in [6.07, 6.45) is 3.62. The van der Waals surface area contributed by atoms with Crippen molar-refractivity contribution in [3.05, 3.63) is 78.6 Å². The summed E-state index contributed by atoms with van der Waals surface area (Å²) in [5.41, 5.74) is 5.49. The summed E-state index contributed by atoms with van der Waals surface area (Å²) in [6.45, 7) is 0.540. The number of benzene rings is 2. The standard InChI is InChI=1S/C21H17N3O/c25-21-12-18(24-20-14-22-10-9-19(20)21)13-23-17-8-4-7-16(11-17)15-5-2-1-3-6-15/h1-11,14,23H,12-13H2. The summed E-state index contributed by atoms with van der Waals surface area (Å²) in [5.74, 6) is 0.0993. The molecular weight excluding hydrogens is 310 g/mol. The highest BCUT2D eigenvalue weighted by molar-refractivity contribution is 6.16. The Bertz CT molecular complexity index is 948. The van der Waals surface area contributed by atoms with Crippen molar-refractivity contribution in [2.45, 2.75) is 6.42 Å². The molecule has 0 radical (unpaired) electrons. The molecule has 0 saturated carbocycles. The molecule has 0 saturated heterocycles. The Morgan fingerprint density at radius 3 is 2.68 bits per heavy atom. The van der Waals surface area contributed by atoms with E-state index < -0.39 is 0 Å². The third-order valence-corrected chi connectivity index (χ3v) is 4.21. The van der Waals surface area contributed by atoms with E-state index in [0.29, 0.717) is 24.2 Å². The number of aliphatic imine (C=N–C) groups is 1. The number of anilines is 1. The lowest BCUT2D eigenvalue weighted by Crippen LogP contribution is -2.21. The minimum Gasteiger partial charge on any atom is -0.380 e. The number of carbonyl (C=O) groups is 1. The fraction of sp³-hybridized carbons (Fsp3) is 0.0952. The second kappa shape index (κ2) is 6.69. The molecule has 0 amide bonds. The van der Waals surface area contributed by atoms with Gasteiger partial charge in [0.2, 0.25) is 0 Å². The van der Waals surface area contributed by atoms with Crippen molar-refractivity contribution in [2.75, 3.05) is 11.9 Å². The zero-order valence-corrected chi connectivity index (χ0v) is 13.6. The van der Waals surface area contributed by atoms with Gasteiger partial charge < -0.3 is 5.32 Å². The SMILES string of the molecule is O=C1CC(CNc2cccc(-c3ccccc3)c2)=Nc2cnccc21. The summed E-state index contributed by atoms with van der Waals surface area (Å²) in [6, 6.07) is 20.2. The molecule has 0 fully saturated rings. The van der Waals surface area contributed by atoms with Crippen LogP contribution in [0.4, 0.5) is 11.4 Å². The molecule has 2 aromatic carbocycles. The Hall–Kier alpha value is -3.27.